The van der Waals surface area contributed by atoms with Gasteiger partial charge in [0, 0.05) is 6.42 Å². The molecule has 0 spiro atoms. The largest absolute Gasteiger partial charge is 0.256 e. The van der Waals surface area contributed by atoms with Gasteiger partial charge in [0.15, 0.2) is 0 Å². The predicted octanol–water partition coefficient (Wildman–Crippen LogP) is 15.0. The maximum absolute atomic E-state index is 2.64. The molecule has 2 heteroatoms. The first-order chi connectivity index (χ1) is 22.8. The third-order valence-electron chi connectivity index (χ3n) is 10.6. The van der Waals surface area contributed by atoms with Crippen molar-refractivity contribution in [3.63, 3.8) is 0 Å². The molecule has 0 N–H and O–H groups in total. The number of nitrogens with zero attached hydrogens (tertiary/aromatic N) is 2. The fraction of sp³-hybridized carbons (Fsp3) is 0.932. The van der Waals surface area contributed by atoms with Gasteiger partial charge in [-0.25, -0.2) is 9.13 Å². The zero-order valence-electron chi connectivity index (χ0n) is 32.4. The van der Waals surface area contributed by atoms with Crippen molar-refractivity contribution in [1.82, 2.24) is 4.57 Å². The van der Waals surface area contributed by atoms with E-state index < -0.39 is 0 Å². The molecule has 0 bridgehead atoms. The Morgan fingerprint density at radius 2 is 0.674 bits per heavy atom. The molecular weight excluding hydrogens is 556 g/mol. The molecule has 1 aromatic rings. The van der Waals surface area contributed by atoms with Crippen LogP contribution >= 0.6 is 0 Å². The topological polar surface area (TPSA) is 8.81 Å². The lowest BCUT2D eigenvalue weighted by Crippen LogP contribution is -2.37. The first-order valence-electron chi connectivity index (χ1n) is 21.9. The number of hydrogen-bond donors (Lipinski definition) is 0. The van der Waals surface area contributed by atoms with Gasteiger partial charge in [-0.15, -0.1) is 0 Å². The van der Waals surface area contributed by atoms with E-state index in [0.29, 0.717) is 0 Å². The monoisotopic (exact) mass is 644 g/mol. The van der Waals surface area contributed by atoms with E-state index in [-0.39, 0.29) is 0 Å². The summed E-state index contributed by atoms with van der Waals surface area (Å²) in [5, 5.41) is 0. The Morgan fingerprint density at radius 1 is 0.370 bits per heavy atom. The Kier molecular flexibility index (Phi) is 33.4. The molecule has 46 heavy (non-hydrogen) atoms. The van der Waals surface area contributed by atoms with Gasteiger partial charge in [0.1, 0.15) is 12.4 Å². The molecule has 0 radical (unpaired) electrons. The lowest BCUT2D eigenvalue weighted by Gasteiger charge is -2.07. The zero-order valence-corrected chi connectivity index (χ0v) is 32.4. The molecule has 0 saturated carbocycles. The van der Waals surface area contributed by atoms with Crippen molar-refractivity contribution in [2.45, 2.75) is 265 Å². The molecule has 1 aromatic heterocycles. The molecule has 0 aliphatic carbocycles. The molecule has 0 unspecified atom stereocenters. The second-order valence-corrected chi connectivity index (χ2v) is 15.2. The SMILES string of the molecule is CCCCCCCCCCCCCCCCCc1n(CCCCCCCCCCCCCC)cc[n+]1CCCCCCCCCC. The third-order valence-corrected chi connectivity index (χ3v) is 10.6. The van der Waals surface area contributed by atoms with Crippen LogP contribution in [-0.4, -0.2) is 4.57 Å². The Hall–Kier alpha value is -0.790. The minimum absolute atomic E-state index is 1.23. The molecule has 0 amide bonds. The summed E-state index contributed by atoms with van der Waals surface area (Å²) in [6.07, 6.45) is 56.3. The van der Waals surface area contributed by atoms with Crippen molar-refractivity contribution in [1.29, 1.82) is 0 Å². The second-order valence-electron chi connectivity index (χ2n) is 15.2. The van der Waals surface area contributed by atoms with Crippen LogP contribution in [-0.2, 0) is 19.5 Å². The van der Waals surface area contributed by atoms with Crippen LogP contribution in [0.2, 0.25) is 0 Å². The van der Waals surface area contributed by atoms with E-state index in [1.54, 1.807) is 5.82 Å². The van der Waals surface area contributed by atoms with Gasteiger partial charge in [-0.2, -0.15) is 0 Å². The Bertz CT molecular complexity index is 707. The summed E-state index contributed by atoms with van der Waals surface area (Å²) in [6, 6.07) is 0. The van der Waals surface area contributed by atoms with Gasteiger partial charge in [0.25, 0.3) is 5.82 Å². The van der Waals surface area contributed by atoms with Crippen molar-refractivity contribution in [2.24, 2.45) is 0 Å². The maximum Gasteiger partial charge on any atom is 0.256 e. The maximum atomic E-state index is 2.64. The molecular formula is C44H87N2+. The molecule has 0 aliphatic heterocycles. The third kappa shape index (κ3) is 27.2. The van der Waals surface area contributed by atoms with Crippen LogP contribution in [0.3, 0.4) is 0 Å². The van der Waals surface area contributed by atoms with Crippen LogP contribution in [0.25, 0.3) is 0 Å². The fourth-order valence-corrected chi connectivity index (χ4v) is 7.39. The standard InChI is InChI=1S/C44H87N2/c1-4-7-10-13-16-19-21-23-24-25-26-28-30-33-36-39-44-45(40-37-34-31-18-15-12-9-6-3)42-43-46(44)41-38-35-32-29-27-22-20-17-14-11-8-5-2/h42-43H,4-41H2,1-3H3/q+1. The second kappa shape index (κ2) is 35.5. The first kappa shape index (κ1) is 43.2. The molecule has 272 valence electrons. The Labute approximate surface area is 291 Å². The Morgan fingerprint density at radius 3 is 1.04 bits per heavy atom. The highest BCUT2D eigenvalue weighted by atomic mass is 15.1. The molecule has 0 aromatic carbocycles. The number of rotatable bonds is 38. The molecule has 0 atom stereocenters. The van der Waals surface area contributed by atoms with Crippen LogP contribution in [0.5, 0.6) is 0 Å². The van der Waals surface area contributed by atoms with E-state index in [9.17, 15) is 0 Å². The molecule has 0 fully saturated rings. The van der Waals surface area contributed by atoms with E-state index in [1.807, 2.05) is 0 Å². The smallest absolute Gasteiger partial charge is 0.234 e. The van der Waals surface area contributed by atoms with Crippen molar-refractivity contribution >= 4 is 0 Å². The van der Waals surface area contributed by atoms with Gasteiger partial charge in [0.2, 0.25) is 0 Å². The van der Waals surface area contributed by atoms with Crippen LogP contribution in [0.15, 0.2) is 12.4 Å². The highest BCUT2D eigenvalue weighted by molar-refractivity contribution is 4.84. The van der Waals surface area contributed by atoms with E-state index in [0.717, 1.165) is 0 Å². The van der Waals surface area contributed by atoms with Crippen LogP contribution in [0.1, 0.15) is 251 Å². The normalized spacial score (nSPS) is 11.6. The summed E-state index contributed by atoms with van der Waals surface area (Å²) in [6.45, 7) is 9.41. The van der Waals surface area contributed by atoms with Crippen molar-refractivity contribution < 1.29 is 4.57 Å². The number of unbranched alkanes of at least 4 members (excludes halogenated alkanes) is 32. The van der Waals surface area contributed by atoms with Crippen LogP contribution in [0, 0.1) is 0 Å². The van der Waals surface area contributed by atoms with Gasteiger partial charge < -0.3 is 0 Å². The highest BCUT2D eigenvalue weighted by Gasteiger charge is 2.16. The number of aryl methyl sites for hydroxylation is 2. The predicted molar refractivity (Wildman–Crippen MR) is 207 cm³/mol. The lowest BCUT2D eigenvalue weighted by molar-refractivity contribution is -0.704. The summed E-state index contributed by atoms with van der Waals surface area (Å²) in [7, 11) is 0. The summed E-state index contributed by atoms with van der Waals surface area (Å²) in [4.78, 5) is 0. The summed E-state index contributed by atoms with van der Waals surface area (Å²) in [5.74, 6) is 1.63. The van der Waals surface area contributed by atoms with Gasteiger partial charge in [-0.1, -0.05) is 213 Å². The van der Waals surface area contributed by atoms with E-state index in [4.69, 9.17) is 0 Å². The van der Waals surface area contributed by atoms with Gasteiger partial charge in [0.05, 0.1) is 13.1 Å². The van der Waals surface area contributed by atoms with Gasteiger partial charge in [-0.05, 0) is 32.1 Å². The minimum Gasteiger partial charge on any atom is -0.234 e. The summed E-state index contributed by atoms with van der Waals surface area (Å²) < 4.78 is 5.28. The minimum atomic E-state index is 1.23. The lowest BCUT2D eigenvalue weighted by atomic mass is 10.0. The average Bonchev–Trinajstić information content (AvgIpc) is 3.45. The number of aromatic nitrogens is 2. The number of imidazole rings is 1. The van der Waals surface area contributed by atoms with Gasteiger partial charge >= 0.3 is 0 Å². The molecule has 1 heterocycles. The van der Waals surface area contributed by atoms with E-state index in [1.165, 1.54) is 244 Å². The first-order valence-corrected chi connectivity index (χ1v) is 21.9. The van der Waals surface area contributed by atoms with Crippen molar-refractivity contribution in [2.75, 3.05) is 0 Å². The molecule has 2 nitrogen and oxygen atoms in total. The van der Waals surface area contributed by atoms with Crippen LogP contribution in [0.4, 0.5) is 0 Å². The molecule has 0 aliphatic rings. The zero-order chi connectivity index (χ0) is 33.0. The quantitative estimate of drug-likeness (QED) is 0.0501. The van der Waals surface area contributed by atoms with Crippen LogP contribution < -0.4 is 4.57 Å². The van der Waals surface area contributed by atoms with Gasteiger partial charge in [-0.3, -0.25) is 0 Å². The summed E-state index contributed by atoms with van der Waals surface area (Å²) >= 11 is 0. The van der Waals surface area contributed by atoms with Crippen molar-refractivity contribution in [3.05, 3.63) is 18.2 Å². The highest BCUT2D eigenvalue weighted by Crippen LogP contribution is 2.16. The average molecular weight is 644 g/mol. The molecule has 0 saturated heterocycles. The molecule has 1 rings (SSSR count). The Balaban J connectivity index is 2.25. The van der Waals surface area contributed by atoms with E-state index in [2.05, 4.69) is 42.3 Å². The fourth-order valence-electron chi connectivity index (χ4n) is 7.39. The summed E-state index contributed by atoms with van der Waals surface area (Å²) in [5.41, 5.74) is 0. The van der Waals surface area contributed by atoms with Crippen molar-refractivity contribution in [3.8, 4) is 0 Å². The van der Waals surface area contributed by atoms with E-state index >= 15 is 0 Å². The number of hydrogen-bond acceptors (Lipinski definition) is 0.